The molecule has 5 rings (SSSR count). The van der Waals surface area contributed by atoms with Crippen LogP contribution in [-0.4, -0.2) is 136 Å². The first kappa shape index (κ1) is 47.9. The van der Waals surface area contributed by atoms with Crippen molar-refractivity contribution in [2.45, 2.75) is 95.0 Å². The number of allylic oxidation sites excluding steroid dienone is 10. The van der Waals surface area contributed by atoms with E-state index in [2.05, 4.69) is 21.3 Å². The zero-order valence-corrected chi connectivity index (χ0v) is 36.1. The third kappa shape index (κ3) is 12.7. The average molecular weight is 882 g/mol. The Morgan fingerprint density at radius 2 is 1.39 bits per heavy atom. The molecule has 340 valence electrons. The number of aliphatic hydroxyl groups excluding tert-OH is 1. The van der Waals surface area contributed by atoms with Gasteiger partial charge in [0.15, 0.2) is 5.78 Å². The first-order valence-corrected chi connectivity index (χ1v) is 21.3. The largest absolute Gasteiger partial charge is 0.510 e. The van der Waals surface area contributed by atoms with Gasteiger partial charge in [-0.1, -0.05) is 78.9 Å². The fraction of sp³-hybridized carbons (Fsp3) is 0.413. The first-order chi connectivity index (χ1) is 30.7. The number of cyclic esters (lactones) is 1. The number of rotatable bonds is 12. The molecule has 7 amide bonds. The van der Waals surface area contributed by atoms with Gasteiger partial charge in [0.05, 0.1) is 0 Å². The molecule has 6 atom stereocenters. The van der Waals surface area contributed by atoms with Gasteiger partial charge in [0.2, 0.25) is 41.4 Å². The van der Waals surface area contributed by atoms with Crippen LogP contribution in [0.1, 0.15) is 57.9 Å². The molecule has 0 bridgehead atoms. The summed E-state index contributed by atoms with van der Waals surface area (Å²) in [5.74, 6) is -5.50. The van der Waals surface area contributed by atoms with Crippen LogP contribution >= 0.6 is 0 Å². The Hall–Kier alpha value is -7.11. The van der Waals surface area contributed by atoms with Crippen molar-refractivity contribution < 1.29 is 53.0 Å². The highest BCUT2D eigenvalue weighted by molar-refractivity contribution is 6.03. The third-order valence-electron chi connectivity index (χ3n) is 11.3. The Labute approximate surface area is 371 Å². The Balaban J connectivity index is 1.27. The van der Waals surface area contributed by atoms with E-state index >= 15 is 0 Å². The zero-order chi connectivity index (χ0) is 46.3. The van der Waals surface area contributed by atoms with Crippen molar-refractivity contribution in [3.63, 3.8) is 0 Å². The summed E-state index contributed by atoms with van der Waals surface area (Å²) in [6.45, 7) is 2.79. The smallest absolute Gasteiger partial charge is 0.328 e. The minimum absolute atomic E-state index is 0.0271. The van der Waals surface area contributed by atoms with Gasteiger partial charge in [-0.2, -0.15) is 0 Å². The molecule has 0 unspecified atom stereocenters. The van der Waals surface area contributed by atoms with Crippen molar-refractivity contribution in [2.24, 2.45) is 0 Å². The van der Waals surface area contributed by atoms with Crippen LogP contribution in [0.5, 0.6) is 0 Å². The van der Waals surface area contributed by atoms with Gasteiger partial charge in [-0.15, -0.1) is 0 Å². The number of carbonyl (C=O) groups is 9. The summed E-state index contributed by atoms with van der Waals surface area (Å²) in [6, 6.07) is 2.21. The molecule has 5 N–H and O–H groups in total. The maximum atomic E-state index is 14.3. The predicted molar refractivity (Wildman–Crippen MR) is 232 cm³/mol. The normalized spacial score (nSPS) is 24.6. The zero-order valence-electron chi connectivity index (χ0n) is 36.1. The summed E-state index contributed by atoms with van der Waals surface area (Å²) in [7, 11) is 1.44. The lowest BCUT2D eigenvalue weighted by molar-refractivity contribution is -0.158. The molecular weight excluding hydrogens is 827 g/mol. The molecule has 4 aliphatic rings. The van der Waals surface area contributed by atoms with Crippen LogP contribution < -0.4 is 21.3 Å². The van der Waals surface area contributed by atoms with Crippen molar-refractivity contribution in [1.29, 1.82) is 0 Å². The molecule has 3 saturated heterocycles. The number of Topliss-reactive ketones (excluding diaryl/α,β-unsaturated/α-hetero) is 1. The Morgan fingerprint density at radius 1 is 0.797 bits per heavy atom. The van der Waals surface area contributed by atoms with E-state index in [1.165, 1.54) is 59.9 Å². The number of likely N-dealkylation sites (N-methyl/N-ethyl adjacent to an activating group) is 1. The molecule has 3 fully saturated rings. The lowest BCUT2D eigenvalue weighted by Gasteiger charge is -2.34. The van der Waals surface area contributed by atoms with Crippen LogP contribution in [0.3, 0.4) is 0 Å². The molecule has 18 heteroatoms. The lowest BCUT2D eigenvalue weighted by Crippen LogP contribution is -2.60. The quantitative estimate of drug-likeness (QED) is 0.113. The monoisotopic (exact) mass is 881 g/mol. The molecular formula is C46H55N7O11. The number of fused-ring (bicyclic) bond motifs is 2. The summed E-state index contributed by atoms with van der Waals surface area (Å²) in [5, 5.41) is 20.1. The van der Waals surface area contributed by atoms with Crippen molar-refractivity contribution >= 4 is 53.1 Å². The molecule has 0 radical (unpaired) electrons. The lowest BCUT2D eigenvalue weighted by atomic mass is 10.0. The Bertz CT molecular complexity index is 2160. The summed E-state index contributed by atoms with van der Waals surface area (Å²) in [5.41, 5.74) is 0.617. The fourth-order valence-corrected chi connectivity index (χ4v) is 7.62. The van der Waals surface area contributed by atoms with Gasteiger partial charge >= 0.3 is 5.97 Å². The summed E-state index contributed by atoms with van der Waals surface area (Å²) >= 11 is 0. The summed E-state index contributed by atoms with van der Waals surface area (Å²) in [6.07, 6.45) is 17.0. The van der Waals surface area contributed by atoms with Gasteiger partial charge in [0.1, 0.15) is 54.3 Å². The van der Waals surface area contributed by atoms with Crippen LogP contribution in [0.25, 0.3) is 0 Å². The van der Waals surface area contributed by atoms with E-state index in [0.29, 0.717) is 18.4 Å². The molecule has 64 heavy (non-hydrogen) atoms. The molecule has 3 aliphatic heterocycles. The minimum Gasteiger partial charge on any atom is -0.510 e. The van der Waals surface area contributed by atoms with Crippen molar-refractivity contribution in [3.8, 4) is 0 Å². The van der Waals surface area contributed by atoms with Crippen LogP contribution in [0, 0.1) is 0 Å². The van der Waals surface area contributed by atoms with E-state index in [-0.39, 0.29) is 62.4 Å². The summed E-state index contributed by atoms with van der Waals surface area (Å²) < 4.78 is 5.66. The second-order valence-electron chi connectivity index (χ2n) is 15.8. The van der Waals surface area contributed by atoms with Crippen LogP contribution in [0.15, 0.2) is 103 Å². The molecule has 1 aromatic carbocycles. The standard InChI is InChI=1S/C46H55N7O11/c1-29-43(60)53-26-16-20-35(53)46(63)64-28-33(44(61)52-25-15-19-34(52)45(62)51(3)30(2)41(58)47-29)49-42(59)32(27-31-17-11-10-12-18-31)48-38(56)21-13-8-6-4-5-7-9-14-22-39(57)50-40-36(54)23-24-37(40)55/h4-14,17-18,21-22,29-30,32-35,54H,15-16,19-20,23-28H2,1-3H3,(H,47,58)(H,48,56)(H,49,59)(H,50,57)/b5-4+,8-6+,9-7+,21-13+,22-14+/t29-,30+,32+,33+,34+,35+/m1/s1. The van der Waals surface area contributed by atoms with E-state index in [9.17, 15) is 48.3 Å². The fourth-order valence-electron chi connectivity index (χ4n) is 7.62. The van der Waals surface area contributed by atoms with Gasteiger partial charge in [-0.3, -0.25) is 38.4 Å². The number of hydrogen-bond donors (Lipinski definition) is 5. The van der Waals surface area contributed by atoms with Gasteiger partial charge in [0, 0.05) is 51.6 Å². The van der Waals surface area contributed by atoms with Gasteiger partial charge in [-0.25, -0.2) is 4.79 Å². The van der Waals surface area contributed by atoms with E-state index < -0.39 is 90.2 Å². The number of ether oxygens (including phenoxy) is 1. The number of amides is 7. The maximum Gasteiger partial charge on any atom is 0.328 e. The second kappa shape index (κ2) is 22.8. The van der Waals surface area contributed by atoms with Crippen LogP contribution in [0.4, 0.5) is 0 Å². The maximum absolute atomic E-state index is 14.3. The SMILES string of the molecule is C[C@H]1NC(=O)[C@H](C)N(C)C(=O)[C@@H]2CCCN2C(=O)[C@@H](NC(=O)[C@H](Cc2ccccc2)NC(=O)/C=C/C=C/C=C/C=C/C=C/C(=O)NC2=C(O)CCC2=O)COC(=O)[C@@H]2CCCN2C1=O. The van der Waals surface area contributed by atoms with Gasteiger partial charge in [0.25, 0.3) is 0 Å². The number of ketones is 1. The molecule has 0 saturated carbocycles. The predicted octanol–water partition coefficient (Wildman–Crippen LogP) is 1.12. The van der Waals surface area contributed by atoms with Crippen LogP contribution in [0.2, 0.25) is 0 Å². The highest BCUT2D eigenvalue weighted by Gasteiger charge is 2.43. The number of nitrogens with zero attached hydrogens (tertiary/aromatic N) is 3. The number of benzene rings is 1. The highest BCUT2D eigenvalue weighted by atomic mass is 16.5. The summed E-state index contributed by atoms with van der Waals surface area (Å²) in [4.78, 5) is 123. The van der Waals surface area contributed by atoms with E-state index in [1.807, 2.05) is 0 Å². The van der Waals surface area contributed by atoms with Gasteiger partial charge in [-0.05, 0) is 45.1 Å². The number of aliphatic hydroxyl groups is 1. The number of esters is 1. The molecule has 0 spiro atoms. The third-order valence-corrected chi connectivity index (χ3v) is 11.3. The van der Waals surface area contributed by atoms with Crippen LogP contribution in [-0.2, 0) is 54.3 Å². The number of carbonyl (C=O) groups excluding carboxylic acids is 9. The Morgan fingerprint density at radius 3 is 2.02 bits per heavy atom. The van der Waals surface area contributed by atoms with E-state index in [1.54, 1.807) is 66.8 Å². The first-order valence-electron chi connectivity index (χ1n) is 21.3. The van der Waals surface area contributed by atoms with E-state index in [0.717, 1.165) is 0 Å². The number of nitrogens with one attached hydrogen (secondary N) is 4. The highest BCUT2D eigenvalue weighted by Crippen LogP contribution is 2.24. The molecule has 3 heterocycles. The molecule has 1 aliphatic carbocycles. The molecule has 18 nitrogen and oxygen atoms in total. The minimum atomic E-state index is -1.48. The number of hydrogen-bond acceptors (Lipinski definition) is 11. The van der Waals surface area contributed by atoms with Crippen molar-refractivity contribution in [3.05, 3.63) is 108 Å². The second-order valence-corrected chi connectivity index (χ2v) is 15.8. The van der Waals surface area contributed by atoms with Gasteiger partial charge < -0.3 is 45.8 Å². The Kier molecular flexibility index (Phi) is 17.1. The average Bonchev–Trinajstić information content (AvgIpc) is 4.05. The molecule has 0 aromatic heterocycles. The topological polar surface area (TPSA) is 241 Å². The molecule has 1 aromatic rings. The van der Waals surface area contributed by atoms with E-state index in [4.69, 9.17) is 4.74 Å². The van der Waals surface area contributed by atoms with Crippen molar-refractivity contribution in [2.75, 3.05) is 26.7 Å². The van der Waals surface area contributed by atoms with Crippen molar-refractivity contribution in [1.82, 2.24) is 36.0 Å².